The Morgan fingerprint density at radius 2 is 2.25 bits per heavy atom. The van der Waals surface area contributed by atoms with Crippen molar-refractivity contribution in [2.45, 2.75) is 6.92 Å². The molecule has 0 aliphatic carbocycles. The average Bonchev–Trinajstić information content (AvgIpc) is 2.25. The highest BCUT2D eigenvalue weighted by molar-refractivity contribution is 6.28. The molecule has 0 aromatic carbocycles. The van der Waals surface area contributed by atoms with Crippen LogP contribution < -0.4 is 10.2 Å². The Balaban J connectivity index is 2.98. The van der Waals surface area contributed by atoms with Gasteiger partial charge in [-0.3, -0.25) is 0 Å². The molecule has 0 unspecified atom stereocenters. The molecule has 0 aliphatic heterocycles. The van der Waals surface area contributed by atoms with Crippen LogP contribution in [0.3, 0.4) is 0 Å². The van der Waals surface area contributed by atoms with Crippen molar-refractivity contribution in [3.8, 4) is 6.19 Å². The van der Waals surface area contributed by atoms with Crippen LogP contribution >= 0.6 is 11.6 Å². The first-order valence-corrected chi connectivity index (χ1v) is 4.90. The number of ether oxygens (including phenoxy) is 1. The number of nitriles is 1. The lowest BCUT2D eigenvalue weighted by Gasteiger charge is -2.12. The van der Waals surface area contributed by atoms with Crippen molar-refractivity contribution in [1.29, 1.82) is 5.26 Å². The lowest BCUT2D eigenvalue weighted by atomic mass is 10.7. The van der Waals surface area contributed by atoms with Crippen LogP contribution in [0.5, 0.6) is 0 Å². The third-order valence-corrected chi connectivity index (χ3v) is 1.72. The van der Waals surface area contributed by atoms with Gasteiger partial charge >= 0.3 is 0 Å². The molecule has 8 heteroatoms. The topological polar surface area (TPSA) is 87.0 Å². The molecule has 86 valence electrons. The van der Waals surface area contributed by atoms with Gasteiger partial charge in [-0.2, -0.15) is 20.2 Å². The third kappa shape index (κ3) is 3.18. The minimum absolute atomic E-state index is 0.0253. The van der Waals surface area contributed by atoms with Gasteiger partial charge in [-0.15, -0.1) is 0 Å². The number of nitrogens with one attached hydrogen (secondary N) is 1. The van der Waals surface area contributed by atoms with E-state index in [4.69, 9.17) is 21.6 Å². The number of nitrogens with zero attached hydrogens (tertiary/aromatic N) is 5. The monoisotopic (exact) mass is 242 g/mol. The van der Waals surface area contributed by atoms with Crippen LogP contribution in [0, 0.1) is 11.5 Å². The molecule has 0 bridgehead atoms. The largest absolute Gasteiger partial charge is 0.363 e. The predicted octanol–water partition coefficient (Wildman–Crippen LogP) is 0.848. The van der Waals surface area contributed by atoms with Gasteiger partial charge in [-0.05, 0) is 18.5 Å². The summed E-state index contributed by atoms with van der Waals surface area (Å²) in [5, 5.41) is 11.8. The maximum absolute atomic E-state index is 8.85. The Kier molecular flexibility index (Phi) is 4.69. The van der Waals surface area contributed by atoms with Crippen molar-refractivity contribution < 1.29 is 4.74 Å². The van der Waals surface area contributed by atoms with Gasteiger partial charge < -0.3 is 10.1 Å². The van der Waals surface area contributed by atoms with Gasteiger partial charge in [0.25, 0.3) is 0 Å². The molecule has 16 heavy (non-hydrogen) atoms. The highest BCUT2D eigenvalue weighted by Crippen LogP contribution is 2.12. The lowest BCUT2D eigenvalue weighted by Crippen LogP contribution is -2.22. The van der Waals surface area contributed by atoms with Gasteiger partial charge in [-0.25, -0.2) is 4.90 Å². The van der Waals surface area contributed by atoms with Crippen molar-refractivity contribution in [2.24, 2.45) is 0 Å². The van der Waals surface area contributed by atoms with Gasteiger partial charge in [0, 0.05) is 13.7 Å². The first kappa shape index (κ1) is 12.4. The zero-order chi connectivity index (χ0) is 12.0. The van der Waals surface area contributed by atoms with E-state index in [0.717, 1.165) is 4.90 Å². The molecule has 0 radical (unpaired) electrons. The first-order chi connectivity index (χ1) is 7.71. The molecule has 1 aromatic heterocycles. The summed E-state index contributed by atoms with van der Waals surface area (Å²) in [5.74, 6) is 0.481. The Morgan fingerprint density at radius 1 is 1.50 bits per heavy atom. The van der Waals surface area contributed by atoms with E-state index in [1.807, 2.05) is 13.1 Å². The van der Waals surface area contributed by atoms with Crippen molar-refractivity contribution in [2.75, 3.05) is 30.6 Å². The van der Waals surface area contributed by atoms with Crippen molar-refractivity contribution in [3.05, 3.63) is 5.28 Å². The molecule has 0 aliphatic rings. The number of halogens is 1. The van der Waals surface area contributed by atoms with Gasteiger partial charge in [0.1, 0.15) is 6.73 Å². The zero-order valence-electron chi connectivity index (χ0n) is 8.94. The van der Waals surface area contributed by atoms with E-state index in [1.54, 1.807) is 0 Å². The summed E-state index contributed by atoms with van der Waals surface area (Å²) in [7, 11) is 1.47. The molecule has 1 aromatic rings. The zero-order valence-corrected chi connectivity index (χ0v) is 9.69. The number of hydrogen-bond donors (Lipinski definition) is 1. The molecule has 0 spiro atoms. The van der Waals surface area contributed by atoms with E-state index in [-0.39, 0.29) is 18.0 Å². The molecule has 0 fully saturated rings. The molecule has 0 saturated heterocycles. The molecular formula is C8H11ClN6O. The van der Waals surface area contributed by atoms with E-state index in [9.17, 15) is 0 Å². The highest BCUT2D eigenvalue weighted by atomic mass is 35.5. The van der Waals surface area contributed by atoms with E-state index < -0.39 is 0 Å². The Hall–Kier alpha value is -1.65. The Labute approximate surface area is 98.0 Å². The van der Waals surface area contributed by atoms with E-state index in [1.165, 1.54) is 7.11 Å². The maximum atomic E-state index is 8.85. The molecule has 7 nitrogen and oxygen atoms in total. The highest BCUT2D eigenvalue weighted by Gasteiger charge is 2.11. The number of aromatic nitrogens is 3. The molecule has 0 atom stereocenters. The molecular weight excluding hydrogens is 232 g/mol. The number of anilines is 2. The predicted molar refractivity (Wildman–Crippen MR) is 59.0 cm³/mol. The van der Waals surface area contributed by atoms with Crippen molar-refractivity contribution >= 4 is 23.5 Å². The summed E-state index contributed by atoms with van der Waals surface area (Å²) in [4.78, 5) is 12.9. The fraction of sp³-hybridized carbons (Fsp3) is 0.500. The molecule has 1 N–H and O–H groups in total. The van der Waals surface area contributed by atoms with Crippen molar-refractivity contribution in [3.63, 3.8) is 0 Å². The Morgan fingerprint density at radius 3 is 2.81 bits per heavy atom. The van der Waals surface area contributed by atoms with Crippen LogP contribution in [0.15, 0.2) is 0 Å². The van der Waals surface area contributed by atoms with Crippen LogP contribution in [-0.2, 0) is 4.74 Å². The number of rotatable bonds is 5. The van der Waals surface area contributed by atoms with E-state index in [0.29, 0.717) is 12.5 Å². The van der Waals surface area contributed by atoms with Crippen LogP contribution in [-0.4, -0.2) is 35.3 Å². The summed E-state index contributed by atoms with van der Waals surface area (Å²) in [6.07, 6.45) is 1.88. The molecule has 1 heterocycles. The van der Waals surface area contributed by atoms with Crippen molar-refractivity contribution in [1.82, 2.24) is 15.0 Å². The smallest absolute Gasteiger partial charge is 0.246 e. The van der Waals surface area contributed by atoms with E-state index in [2.05, 4.69) is 20.3 Å². The fourth-order valence-corrected chi connectivity index (χ4v) is 1.11. The minimum Gasteiger partial charge on any atom is -0.363 e. The molecule has 1 rings (SSSR count). The van der Waals surface area contributed by atoms with Gasteiger partial charge in [0.15, 0.2) is 6.19 Å². The third-order valence-electron chi connectivity index (χ3n) is 1.55. The van der Waals surface area contributed by atoms with Gasteiger partial charge in [-0.1, -0.05) is 0 Å². The lowest BCUT2D eigenvalue weighted by molar-refractivity contribution is 0.205. The number of methoxy groups -OCH3 is 1. The summed E-state index contributed by atoms with van der Waals surface area (Å²) < 4.78 is 4.83. The summed E-state index contributed by atoms with van der Waals surface area (Å²) >= 11 is 5.71. The first-order valence-electron chi connectivity index (χ1n) is 4.53. The second kappa shape index (κ2) is 6.05. The summed E-state index contributed by atoms with van der Waals surface area (Å²) in [5.41, 5.74) is 0. The normalized spacial score (nSPS) is 9.62. The van der Waals surface area contributed by atoms with Crippen LogP contribution in [0.25, 0.3) is 0 Å². The SMILES string of the molecule is CCNc1nc(Cl)nc(N(C#N)COC)n1. The minimum atomic E-state index is 0.0253. The Bertz CT molecular complexity index is 393. The van der Waals surface area contributed by atoms with Gasteiger partial charge in [0.05, 0.1) is 0 Å². The summed E-state index contributed by atoms with van der Waals surface area (Å²) in [6.45, 7) is 2.60. The maximum Gasteiger partial charge on any atom is 0.246 e. The molecule has 0 amide bonds. The number of hydrogen-bond acceptors (Lipinski definition) is 7. The standard InChI is InChI=1S/C8H11ClN6O/c1-3-11-7-12-6(9)13-8(14-7)15(4-10)5-16-2/h3,5H2,1-2H3,(H,11,12,13,14). The molecule has 0 saturated carbocycles. The second-order valence-corrected chi connectivity index (χ2v) is 3.04. The second-order valence-electron chi connectivity index (χ2n) is 2.70. The quantitative estimate of drug-likeness (QED) is 0.465. The van der Waals surface area contributed by atoms with Crippen LogP contribution in [0.4, 0.5) is 11.9 Å². The summed E-state index contributed by atoms with van der Waals surface area (Å²) in [6, 6.07) is 0. The van der Waals surface area contributed by atoms with Crippen LogP contribution in [0.1, 0.15) is 6.92 Å². The average molecular weight is 243 g/mol. The van der Waals surface area contributed by atoms with Gasteiger partial charge in [0.2, 0.25) is 17.2 Å². The van der Waals surface area contributed by atoms with Crippen LogP contribution in [0.2, 0.25) is 5.28 Å². The fourth-order valence-electron chi connectivity index (χ4n) is 0.958. The van der Waals surface area contributed by atoms with E-state index >= 15 is 0 Å².